The summed E-state index contributed by atoms with van der Waals surface area (Å²) in [6.45, 7) is 3.78. The summed E-state index contributed by atoms with van der Waals surface area (Å²) in [5, 5.41) is 8.30. The van der Waals surface area contributed by atoms with Gasteiger partial charge in [-0.05, 0) is 41.0 Å². The van der Waals surface area contributed by atoms with Crippen molar-refractivity contribution in [1.29, 1.82) is 0 Å². The van der Waals surface area contributed by atoms with Crippen molar-refractivity contribution in [2.75, 3.05) is 0 Å². The summed E-state index contributed by atoms with van der Waals surface area (Å²) in [5.74, 6) is 1.05. The Hall–Kier alpha value is -3.46. The third-order valence-corrected chi connectivity index (χ3v) is 4.06. The van der Waals surface area contributed by atoms with Gasteiger partial charge in [0, 0.05) is 11.1 Å². The smallest absolute Gasteiger partial charge is 0.248 e. The summed E-state index contributed by atoms with van der Waals surface area (Å²) in [6.07, 6.45) is 1.84. The van der Waals surface area contributed by atoms with Crippen molar-refractivity contribution in [1.82, 2.24) is 10.2 Å². The molecule has 0 fully saturated rings. The summed E-state index contributed by atoms with van der Waals surface area (Å²) < 4.78 is 5.80. The fourth-order valence-corrected chi connectivity index (χ4v) is 2.65. The van der Waals surface area contributed by atoms with Gasteiger partial charge in [-0.1, -0.05) is 67.3 Å². The molecule has 1 aromatic heterocycles. The second-order valence-corrected chi connectivity index (χ2v) is 5.68. The third-order valence-electron chi connectivity index (χ3n) is 4.06. The highest BCUT2D eigenvalue weighted by Gasteiger charge is 2.10. The monoisotopic (exact) mass is 324 g/mol. The van der Waals surface area contributed by atoms with Crippen LogP contribution in [0, 0.1) is 0 Å². The molecule has 3 heteroatoms. The van der Waals surface area contributed by atoms with Crippen LogP contribution in [0.4, 0.5) is 0 Å². The number of aromatic nitrogens is 2. The number of rotatable bonds is 4. The van der Waals surface area contributed by atoms with Gasteiger partial charge >= 0.3 is 0 Å². The lowest BCUT2D eigenvalue weighted by Crippen LogP contribution is -1.81. The van der Waals surface area contributed by atoms with Crippen molar-refractivity contribution in [2.24, 2.45) is 0 Å². The SMILES string of the molecule is C=Cc1ccc(-c2ccc(-c3nnc(-c4ccccc4)o3)cc2)cc1. The molecule has 0 atom stereocenters. The predicted octanol–water partition coefficient (Wildman–Crippen LogP) is 5.71. The zero-order chi connectivity index (χ0) is 17.1. The summed E-state index contributed by atoms with van der Waals surface area (Å²) in [7, 11) is 0. The Bertz CT molecular complexity index is 984. The van der Waals surface area contributed by atoms with E-state index in [4.69, 9.17) is 4.42 Å². The minimum absolute atomic E-state index is 0.521. The Balaban J connectivity index is 1.60. The molecule has 0 N–H and O–H groups in total. The van der Waals surface area contributed by atoms with Gasteiger partial charge in [0.1, 0.15) is 0 Å². The third kappa shape index (κ3) is 3.12. The van der Waals surface area contributed by atoms with Crippen molar-refractivity contribution < 1.29 is 4.42 Å². The molecule has 4 aromatic rings. The van der Waals surface area contributed by atoms with Crippen LogP contribution in [-0.4, -0.2) is 10.2 Å². The molecule has 0 unspecified atom stereocenters. The van der Waals surface area contributed by atoms with E-state index in [0.29, 0.717) is 11.8 Å². The van der Waals surface area contributed by atoms with Gasteiger partial charge in [-0.3, -0.25) is 0 Å². The Kier molecular flexibility index (Phi) is 3.97. The van der Waals surface area contributed by atoms with Crippen molar-refractivity contribution >= 4 is 6.08 Å². The number of benzene rings is 3. The van der Waals surface area contributed by atoms with Crippen molar-refractivity contribution in [3.05, 3.63) is 91.0 Å². The van der Waals surface area contributed by atoms with Gasteiger partial charge in [-0.2, -0.15) is 0 Å². The molecule has 3 nitrogen and oxygen atoms in total. The number of nitrogens with zero attached hydrogens (tertiary/aromatic N) is 2. The average molecular weight is 324 g/mol. The molecule has 0 saturated carbocycles. The molecule has 0 saturated heterocycles. The molecule has 0 radical (unpaired) electrons. The van der Waals surface area contributed by atoms with E-state index in [9.17, 15) is 0 Å². The first-order valence-electron chi connectivity index (χ1n) is 8.06. The standard InChI is InChI=1S/C22H16N2O/c1-2-16-8-10-17(11-9-16)18-12-14-20(15-13-18)22-24-23-21(25-22)19-6-4-3-5-7-19/h2-15H,1H2. The van der Waals surface area contributed by atoms with Gasteiger partial charge in [0.15, 0.2) is 0 Å². The van der Waals surface area contributed by atoms with Gasteiger partial charge in [0.2, 0.25) is 11.8 Å². The summed E-state index contributed by atoms with van der Waals surface area (Å²) >= 11 is 0. The number of hydrogen-bond donors (Lipinski definition) is 0. The minimum atomic E-state index is 0.521. The highest BCUT2D eigenvalue weighted by molar-refractivity contribution is 5.68. The van der Waals surface area contributed by atoms with Crippen LogP contribution in [0.2, 0.25) is 0 Å². The highest BCUT2D eigenvalue weighted by atomic mass is 16.4. The van der Waals surface area contributed by atoms with Crippen LogP contribution in [0.1, 0.15) is 5.56 Å². The summed E-state index contributed by atoms with van der Waals surface area (Å²) in [6, 6.07) is 26.2. The fraction of sp³-hybridized carbons (Fsp3) is 0. The van der Waals surface area contributed by atoms with Gasteiger partial charge in [0.05, 0.1) is 0 Å². The molecular formula is C22H16N2O. The van der Waals surface area contributed by atoms with E-state index in [-0.39, 0.29) is 0 Å². The van der Waals surface area contributed by atoms with Gasteiger partial charge in [-0.15, -0.1) is 10.2 Å². The maximum absolute atomic E-state index is 5.80. The van der Waals surface area contributed by atoms with Crippen molar-refractivity contribution in [3.63, 3.8) is 0 Å². The van der Waals surface area contributed by atoms with Crippen LogP contribution in [0.5, 0.6) is 0 Å². The fourth-order valence-electron chi connectivity index (χ4n) is 2.65. The highest BCUT2D eigenvalue weighted by Crippen LogP contribution is 2.26. The van der Waals surface area contributed by atoms with E-state index >= 15 is 0 Å². The second-order valence-electron chi connectivity index (χ2n) is 5.68. The molecule has 25 heavy (non-hydrogen) atoms. The van der Waals surface area contributed by atoms with E-state index in [2.05, 4.69) is 53.2 Å². The molecule has 1 heterocycles. The van der Waals surface area contributed by atoms with Crippen LogP contribution in [0.15, 0.2) is 89.9 Å². The summed E-state index contributed by atoms with van der Waals surface area (Å²) in [4.78, 5) is 0. The van der Waals surface area contributed by atoms with Gasteiger partial charge in [-0.25, -0.2) is 0 Å². The van der Waals surface area contributed by atoms with Crippen LogP contribution >= 0.6 is 0 Å². The predicted molar refractivity (Wildman–Crippen MR) is 101 cm³/mol. The minimum Gasteiger partial charge on any atom is -0.416 e. The van der Waals surface area contributed by atoms with Crippen LogP contribution in [-0.2, 0) is 0 Å². The van der Waals surface area contributed by atoms with E-state index in [0.717, 1.165) is 27.8 Å². The Morgan fingerprint density at radius 2 is 1.08 bits per heavy atom. The normalized spacial score (nSPS) is 10.6. The molecule has 0 bridgehead atoms. The molecule has 120 valence electrons. The zero-order valence-corrected chi connectivity index (χ0v) is 13.6. The van der Waals surface area contributed by atoms with Crippen molar-refractivity contribution in [3.8, 4) is 34.0 Å². The van der Waals surface area contributed by atoms with E-state index < -0.39 is 0 Å². The first-order valence-corrected chi connectivity index (χ1v) is 8.06. The van der Waals surface area contributed by atoms with E-state index in [1.54, 1.807) is 0 Å². The average Bonchev–Trinajstić information content (AvgIpc) is 3.19. The van der Waals surface area contributed by atoms with E-state index in [1.165, 1.54) is 0 Å². The van der Waals surface area contributed by atoms with Crippen LogP contribution < -0.4 is 0 Å². The lowest BCUT2D eigenvalue weighted by molar-refractivity contribution is 0.584. The molecule has 0 aliphatic heterocycles. The molecule has 4 rings (SSSR count). The van der Waals surface area contributed by atoms with Crippen LogP contribution in [0.25, 0.3) is 40.1 Å². The van der Waals surface area contributed by atoms with Gasteiger partial charge < -0.3 is 4.42 Å². The maximum Gasteiger partial charge on any atom is 0.248 e. The zero-order valence-electron chi connectivity index (χ0n) is 13.6. The lowest BCUT2D eigenvalue weighted by Gasteiger charge is -2.03. The molecular weight excluding hydrogens is 308 g/mol. The maximum atomic E-state index is 5.80. The van der Waals surface area contributed by atoms with Crippen LogP contribution in [0.3, 0.4) is 0 Å². The summed E-state index contributed by atoms with van der Waals surface area (Å²) in [5.41, 5.74) is 5.23. The number of hydrogen-bond acceptors (Lipinski definition) is 3. The largest absolute Gasteiger partial charge is 0.416 e. The Morgan fingerprint density at radius 3 is 1.64 bits per heavy atom. The topological polar surface area (TPSA) is 38.9 Å². The Morgan fingerprint density at radius 1 is 0.600 bits per heavy atom. The second kappa shape index (κ2) is 6.57. The van der Waals surface area contributed by atoms with Crippen molar-refractivity contribution in [2.45, 2.75) is 0 Å². The first kappa shape index (κ1) is 15.1. The molecule has 0 spiro atoms. The lowest BCUT2D eigenvalue weighted by atomic mass is 10.0. The first-order chi connectivity index (χ1) is 12.3. The Labute approximate surface area is 146 Å². The van der Waals surface area contributed by atoms with Gasteiger partial charge in [0.25, 0.3) is 0 Å². The quantitative estimate of drug-likeness (QED) is 0.482. The molecule has 0 amide bonds. The molecule has 0 aliphatic rings. The van der Waals surface area contributed by atoms with E-state index in [1.807, 2.05) is 48.5 Å². The molecule has 3 aromatic carbocycles. The molecule has 0 aliphatic carbocycles.